The van der Waals surface area contributed by atoms with Crippen LogP contribution < -0.4 is 5.32 Å². The first-order valence-corrected chi connectivity index (χ1v) is 19.0. The molecular weight excluding hydrogens is 530 g/mol. The highest BCUT2D eigenvalue weighted by atomic mass is 16.3. The van der Waals surface area contributed by atoms with Gasteiger partial charge in [0.1, 0.15) is 0 Å². The van der Waals surface area contributed by atoms with Gasteiger partial charge in [0.05, 0.1) is 18.8 Å². The molecule has 0 fully saturated rings. The molecule has 0 aromatic heterocycles. The van der Waals surface area contributed by atoms with Gasteiger partial charge in [0.2, 0.25) is 5.91 Å². The summed E-state index contributed by atoms with van der Waals surface area (Å²) in [5.74, 6) is -0.0465. The molecule has 2 atom stereocenters. The molecule has 0 heterocycles. The predicted molar refractivity (Wildman–Crippen MR) is 189 cm³/mol. The van der Waals surface area contributed by atoms with Crippen LogP contribution in [-0.2, 0) is 4.79 Å². The van der Waals surface area contributed by atoms with Crippen LogP contribution in [0.2, 0.25) is 0 Å². The topological polar surface area (TPSA) is 69.6 Å². The normalized spacial score (nSPS) is 13.3. The molecule has 0 saturated carbocycles. The summed E-state index contributed by atoms with van der Waals surface area (Å²) in [6, 6.07) is -0.551. The van der Waals surface area contributed by atoms with Crippen molar-refractivity contribution in [1.29, 1.82) is 0 Å². The third kappa shape index (κ3) is 32.1. The molecule has 1 amide bonds. The molecular formula is C39H75NO3. The summed E-state index contributed by atoms with van der Waals surface area (Å²) in [5, 5.41) is 23.0. The minimum absolute atomic E-state index is 0.0465. The fourth-order valence-corrected chi connectivity index (χ4v) is 5.70. The minimum atomic E-state index is -0.680. The Labute approximate surface area is 269 Å². The van der Waals surface area contributed by atoms with Gasteiger partial charge in [0.15, 0.2) is 0 Å². The van der Waals surface area contributed by atoms with Crippen LogP contribution >= 0.6 is 0 Å². The average Bonchev–Trinajstić information content (AvgIpc) is 3.01. The third-order valence-electron chi connectivity index (χ3n) is 8.68. The van der Waals surface area contributed by atoms with Crippen LogP contribution in [-0.4, -0.2) is 34.9 Å². The summed E-state index contributed by atoms with van der Waals surface area (Å²) in [7, 11) is 0. The first-order valence-electron chi connectivity index (χ1n) is 19.0. The Balaban J connectivity index is 3.59. The Morgan fingerprint density at radius 1 is 0.535 bits per heavy atom. The molecule has 0 aliphatic carbocycles. The lowest BCUT2D eigenvalue weighted by Gasteiger charge is -2.22. The fourth-order valence-electron chi connectivity index (χ4n) is 5.70. The summed E-state index contributed by atoms with van der Waals surface area (Å²) in [4.78, 5) is 12.3. The molecule has 0 spiro atoms. The molecule has 3 N–H and O–H groups in total. The Bertz CT molecular complexity index is 618. The molecule has 0 aromatic carbocycles. The number of allylic oxidation sites excluding steroid dienone is 4. The van der Waals surface area contributed by atoms with Crippen molar-refractivity contribution in [2.45, 2.75) is 212 Å². The van der Waals surface area contributed by atoms with E-state index in [0.29, 0.717) is 12.8 Å². The zero-order chi connectivity index (χ0) is 31.5. The molecule has 4 heteroatoms. The maximum Gasteiger partial charge on any atom is 0.220 e. The van der Waals surface area contributed by atoms with Crippen molar-refractivity contribution in [3.8, 4) is 0 Å². The van der Waals surface area contributed by atoms with E-state index in [1.165, 1.54) is 141 Å². The number of aliphatic hydroxyl groups is 2. The first-order chi connectivity index (χ1) is 21.2. The van der Waals surface area contributed by atoms with Crippen LogP contribution in [0.4, 0.5) is 0 Å². The van der Waals surface area contributed by atoms with Crippen molar-refractivity contribution in [2.24, 2.45) is 0 Å². The lowest BCUT2D eigenvalue weighted by Crippen LogP contribution is -2.45. The molecule has 0 aliphatic rings. The smallest absolute Gasteiger partial charge is 0.220 e. The van der Waals surface area contributed by atoms with Gasteiger partial charge in [-0.15, -0.1) is 0 Å². The Morgan fingerprint density at radius 2 is 0.884 bits per heavy atom. The van der Waals surface area contributed by atoms with Crippen molar-refractivity contribution >= 4 is 5.91 Å². The van der Waals surface area contributed by atoms with Gasteiger partial charge in [0.25, 0.3) is 0 Å². The molecule has 0 rings (SSSR count). The fraction of sp³-hybridized carbons (Fsp3) is 0.872. The monoisotopic (exact) mass is 606 g/mol. The van der Waals surface area contributed by atoms with Gasteiger partial charge >= 0.3 is 0 Å². The summed E-state index contributed by atoms with van der Waals surface area (Å²) >= 11 is 0. The van der Waals surface area contributed by atoms with Crippen LogP contribution in [0.1, 0.15) is 200 Å². The number of hydrogen-bond donors (Lipinski definition) is 3. The van der Waals surface area contributed by atoms with Crippen LogP contribution in [0.5, 0.6) is 0 Å². The molecule has 0 unspecified atom stereocenters. The highest BCUT2D eigenvalue weighted by Crippen LogP contribution is 2.13. The predicted octanol–water partition coefficient (Wildman–Crippen LogP) is 11.3. The maximum absolute atomic E-state index is 12.3. The van der Waals surface area contributed by atoms with Gasteiger partial charge in [-0.2, -0.15) is 0 Å². The highest BCUT2D eigenvalue weighted by Gasteiger charge is 2.19. The van der Waals surface area contributed by atoms with Gasteiger partial charge in [-0.05, 0) is 64.2 Å². The van der Waals surface area contributed by atoms with Crippen molar-refractivity contribution < 1.29 is 15.0 Å². The molecule has 43 heavy (non-hydrogen) atoms. The van der Waals surface area contributed by atoms with E-state index in [9.17, 15) is 15.0 Å². The molecule has 0 bridgehead atoms. The molecule has 0 radical (unpaired) electrons. The second-order valence-electron chi connectivity index (χ2n) is 13.0. The van der Waals surface area contributed by atoms with E-state index >= 15 is 0 Å². The number of hydrogen-bond acceptors (Lipinski definition) is 3. The molecule has 0 aromatic rings. The second-order valence-corrected chi connectivity index (χ2v) is 13.0. The number of carbonyl (C=O) groups excluding carboxylic acids is 1. The van der Waals surface area contributed by atoms with Crippen LogP contribution in [0.25, 0.3) is 0 Å². The highest BCUT2D eigenvalue weighted by molar-refractivity contribution is 5.76. The van der Waals surface area contributed by atoms with Crippen LogP contribution in [0.15, 0.2) is 24.3 Å². The Kier molecular flexibility index (Phi) is 34.4. The van der Waals surface area contributed by atoms with Crippen LogP contribution in [0, 0.1) is 0 Å². The second kappa shape index (κ2) is 35.4. The summed E-state index contributed by atoms with van der Waals surface area (Å²) in [5.41, 5.74) is 0. The lowest BCUT2D eigenvalue weighted by atomic mass is 10.0. The zero-order valence-corrected chi connectivity index (χ0v) is 29.0. The van der Waals surface area contributed by atoms with Gasteiger partial charge in [-0.3, -0.25) is 4.79 Å². The van der Waals surface area contributed by atoms with Crippen molar-refractivity contribution in [1.82, 2.24) is 5.32 Å². The van der Waals surface area contributed by atoms with Crippen LogP contribution in [0.3, 0.4) is 0 Å². The summed E-state index contributed by atoms with van der Waals surface area (Å²) in [6.07, 6.45) is 43.7. The number of amides is 1. The molecule has 4 nitrogen and oxygen atoms in total. The molecule has 0 aliphatic heterocycles. The van der Waals surface area contributed by atoms with E-state index in [-0.39, 0.29) is 12.5 Å². The van der Waals surface area contributed by atoms with Gasteiger partial charge < -0.3 is 15.5 Å². The maximum atomic E-state index is 12.3. The summed E-state index contributed by atoms with van der Waals surface area (Å²) in [6.45, 7) is 4.33. The minimum Gasteiger partial charge on any atom is -0.394 e. The van der Waals surface area contributed by atoms with Crippen molar-refractivity contribution in [2.75, 3.05) is 6.61 Å². The molecule has 254 valence electrons. The van der Waals surface area contributed by atoms with Gasteiger partial charge in [-0.25, -0.2) is 0 Å². The zero-order valence-electron chi connectivity index (χ0n) is 29.0. The number of unbranched alkanes of at least 4 members (excludes halogenated alkanes) is 23. The third-order valence-corrected chi connectivity index (χ3v) is 8.68. The number of carbonyl (C=O) groups is 1. The van der Waals surface area contributed by atoms with Gasteiger partial charge in [-0.1, -0.05) is 154 Å². The van der Waals surface area contributed by atoms with E-state index in [4.69, 9.17) is 0 Å². The number of aliphatic hydroxyl groups excluding tert-OH is 2. The summed E-state index contributed by atoms with van der Waals surface area (Å²) < 4.78 is 0. The molecule has 0 saturated heterocycles. The van der Waals surface area contributed by atoms with Crippen molar-refractivity contribution in [3.63, 3.8) is 0 Å². The SMILES string of the molecule is CCCCCCCC/C=C/CCCCCCCCCC(=O)N[C@@H](CO)[C@H](O)CCCC/C=C/CCCCCCCCCC. The van der Waals surface area contributed by atoms with E-state index in [2.05, 4.69) is 43.5 Å². The lowest BCUT2D eigenvalue weighted by molar-refractivity contribution is -0.123. The van der Waals surface area contributed by atoms with E-state index in [0.717, 1.165) is 32.1 Å². The van der Waals surface area contributed by atoms with Crippen molar-refractivity contribution in [3.05, 3.63) is 24.3 Å². The quantitative estimate of drug-likeness (QED) is 0.0505. The van der Waals surface area contributed by atoms with E-state index in [1.54, 1.807) is 0 Å². The van der Waals surface area contributed by atoms with Gasteiger partial charge in [0, 0.05) is 6.42 Å². The number of rotatable bonds is 34. The standard InChI is InChI=1S/C39H75NO3/c1-3-5-7-9-11-13-15-17-19-20-21-23-25-27-29-31-33-35-39(43)40-37(36-41)38(42)34-32-30-28-26-24-22-18-16-14-12-10-8-6-4-2/h17,19,24,26,37-38,41-42H,3-16,18,20-23,25,27-36H2,1-2H3,(H,40,43)/b19-17+,26-24+/t37-,38+/m0/s1. The van der Waals surface area contributed by atoms with E-state index < -0.39 is 12.1 Å². The first kappa shape index (κ1) is 41.9. The largest absolute Gasteiger partial charge is 0.394 e. The van der Waals surface area contributed by atoms with E-state index in [1.807, 2.05) is 0 Å². The number of nitrogens with one attached hydrogen (secondary N) is 1. The Hall–Kier alpha value is -1.13. The average molecular weight is 606 g/mol. The Morgan fingerprint density at radius 3 is 1.28 bits per heavy atom.